The van der Waals surface area contributed by atoms with E-state index in [9.17, 15) is 9.59 Å². The lowest BCUT2D eigenvalue weighted by molar-refractivity contribution is -0.118. The zero-order valence-corrected chi connectivity index (χ0v) is 13.6. The first-order chi connectivity index (χ1) is 11.0. The number of nitrogens with zero attached hydrogens (tertiary/aromatic N) is 1. The second kappa shape index (κ2) is 6.48. The summed E-state index contributed by atoms with van der Waals surface area (Å²) in [7, 11) is 0. The van der Waals surface area contributed by atoms with Crippen LogP contribution >= 0.6 is 0 Å². The molecule has 0 aromatic heterocycles. The van der Waals surface area contributed by atoms with Crippen molar-refractivity contribution in [2.75, 3.05) is 30.3 Å². The number of fused-ring (bicyclic) bond motifs is 1. The van der Waals surface area contributed by atoms with Gasteiger partial charge in [0.1, 0.15) is 0 Å². The third-order valence-electron chi connectivity index (χ3n) is 4.39. The molecule has 1 fully saturated rings. The van der Waals surface area contributed by atoms with Crippen molar-refractivity contribution in [3.63, 3.8) is 0 Å². The van der Waals surface area contributed by atoms with Crippen LogP contribution in [0.25, 0.3) is 0 Å². The molecule has 1 aromatic carbocycles. The maximum Gasteiger partial charge on any atom is 0.321 e. The third-order valence-corrected chi connectivity index (χ3v) is 4.39. The van der Waals surface area contributed by atoms with Gasteiger partial charge in [-0.1, -0.05) is 19.9 Å². The van der Waals surface area contributed by atoms with Crippen molar-refractivity contribution in [1.82, 2.24) is 4.90 Å². The summed E-state index contributed by atoms with van der Waals surface area (Å²) in [6.07, 6.45) is 2.18. The zero-order chi connectivity index (χ0) is 16.4. The van der Waals surface area contributed by atoms with E-state index in [1.807, 2.05) is 4.90 Å². The van der Waals surface area contributed by atoms with Crippen LogP contribution in [0.1, 0.15) is 26.7 Å². The fourth-order valence-electron chi connectivity index (χ4n) is 3.32. The third kappa shape index (κ3) is 3.57. The van der Waals surface area contributed by atoms with E-state index in [4.69, 9.17) is 4.74 Å². The van der Waals surface area contributed by atoms with Crippen molar-refractivity contribution in [2.45, 2.75) is 26.7 Å². The number of urea groups is 1. The first-order valence-corrected chi connectivity index (χ1v) is 8.14. The molecule has 2 heterocycles. The van der Waals surface area contributed by atoms with Gasteiger partial charge in [-0.05, 0) is 36.8 Å². The minimum Gasteiger partial charge on any atom is -0.479 e. The first-order valence-electron chi connectivity index (χ1n) is 8.14. The summed E-state index contributed by atoms with van der Waals surface area (Å²) in [6.45, 7) is 5.93. The molecular formula is C17H23N3O3. The standard InChI is InChI=1S/C17H23N3O3/c1-11-6-7-20(9-12(2)8-11)17(22)19-14-5-3-4-13-16(14)23-10-15(21)18-13/h3-5,11-12H,6-10H2,1-2H3,(H,18,21)(H,19,22)/t11-,12-/m0/s1. The highest BCUT2D eigenvalue weighted by Gasteiger charge is 2.25. The number of hydrogen-bond acceptors (Lipinski definition) is 3. The van der Waals surface area contributed by atoms with Gasteiger partial charge in [0.05, 0.1) is 11.4 Å². The number of para-hydroxylation sites is 1. The molecule has 6 heteroatoms. The van der Waals surface area contributed by atoms with Crippen LogP contribution in [0, 0.1) is 11.8 Å². The molecule has 2 atom stereocenters. The topological polar surface area (TPSA) is 70.7 Å². The smallest absolute Gasteiger partial charge is 0.321 e. The Hall–Kier alpha value is -2.24. The molecule has 1 saturated heterocycles. The van der Waals surface area contributed by atoms with Crippen molar-refractivity contribution in [3.8, 4) is 5.75 Å². The molecule has 2 aliphatic rings. The van der Waals surface area contributed by atoms with E-state index >= 15 is 0 Å². The van der Waals surface area contributed by atoms with Gasteiger partial charge in [-0.15, -0.1) is 0 Å². The van der Waals surface area contributed by atoms with Gasteiger partial charge in [0.25, 0.3) is 5.91 Å². The number of nitrogens with one attached hydrogen (secondary N) is 2. The van der Waals surface area contributed by atoms with Gasteiger partial charge >= 0.3 is 6.03 Å². The minimum atomic E-state index is -0.184. The lowest BCUT2D eigenvalue weighted by Crippen LogP contribution is -2.37. The molecule has 0 unspecified atom stereocenters. The van der Waals surface area contributed by atoms with Crippen LogP contribution < -0.4 is 15.4 Å². The summed E-state index contributed by atoms with van der Waals surface area (Å²) in [5.41, 5.74) is 1.19. The minimum absolute atomic E-state index is 0.0296. The number of anilines is 2. The molecule has 0 aliphatic carbocycles. The predicted octanol–water partition coefficient (Wildman–Crippen LogP) is 2.92. The zero-order valence-electron chi connectivity index (χ0n) is 13.6. The van der Waals surface area contributed by atoms with E-state index < -0.39 is 0 Å². The highest BCUT2D eigenvalue weighted by Crippen LogP contribution is 2.35. The van der Waals surface area contributed by atoms with E-state index in [0.29, 0.717) is 29.0 Å². The van der Waals surface area contributed by atoms with Gasteiger partial charge in [-0.25, -0.2) is 4.79 Å². The van der Waals surface area contributed by atoms with E-state index in [2.05, 4.69) is 24.5 Å². The molecule has 1 aromatic rings. The van der Waals surface area contributed by atoms with Crippen molar-refractivity contribution in [2.24, 2.45) is 11.8 Å². The van der Waals surface area contributed by atoms with Crippen LogP contribution in [-0.4, -0.2) is 36.5 Å². The Morgan fingerprint density at radius 2 is 2.17 bits per heavy atom. The van der Waals surface area contributed by atoms with Crippen LogP contribution in [0.15, 0.2) is 18.2 Å². The number of likely N-dealkylation sites (tertiary alicyclic amines) is 1. The number of carbonyl (C=O) groups is 2. The lowest BCUT2D eigenvalue weighted by atomic mass is 9.97. The molecule has 0 saturated carbocycles. The van der Waals surface area contributed by atoms with Gasteiger partial charge in [-0.3, -0.25) is 4.79 Å². The Labute approximate surface area is 136 Å². The summed E-state index contributed by atoms with van der Waals surface area (Å²) in [5, 5.41) is 5.68. The van der Waals surface area contributed by atoms with Crippen molar-refractivity contribution < 1.29 is 14.3 Å². The van der Waals surface area contributed by atoms with Crippen molar-refractivity contribution in [3.05, 3.63) is 18.2 Å². The number of benzene rings is 1. The molecule has 3 rings (SSSR count). The quantitative estimate of drug-likeness (QED) is 0.836. The molecule has 6 nitrogen and oxygen atoms in total. The molecule has 2 aliphatic heterocycles. The second-order valence-electron chi connectivity index (χ2n) is 6.63. The summed E-state index contributed by atoms with van der Waals surface area (Å²) in [5.74, 6) is 1.48. The van der Waals surface area contributed by atoms with Crippen LogP contribution in [0.5, 0.6) is 5.75 Å². The molecule has 3 amide bonds. The molecule has 124 valence electrons. The van der Waals surface area contributed by atoms with Crippen LogP contribution in [-0.2, 0) is 4.79 Å². The average Bonchev–Trinajstić information content (AvgIpc) is 2.67. The van der Waals surface area contributed by atoms with Gasteiger partial charge in [-0.2, -0.15) is 0 Å². The van der Waals surface area contributed by atoms with Crippen molar-refractivity contribution in [1.29, 1.82) is 0 Å². The normalized spacial score (nSPS) is 24.1. The second-order valence-corrected chi connectivity index (χ2v) is 6.63. The van der Waals surface area contributed by atoms with Gasteiger partial charge in [0.2, 0.25) is 0 Å². The number of amides is 3. The van der Waals surface area contributed by atoms with Crippen LogP contribution in [0.3, 0.4) is 0 Å². The largest absolute Gasteiger partial charge is 0.479 e. The van der Waals surface area contributed by atoms with Gasteiger partial charge in [0.15, 0.2) is 12.4 Å². The van der Waals surface area contributed by atoms with Crippen LogP contribution in [0.4, 0.5) is 16.2 Å². The predicted molar refractivity (Wildman–Crippen MR) is 88.7 cm³/mol. The highest BCUT2D eigenvalue weighted by molar-refractivity contribution is 5.99. The summed E-state index contributed by atoms with van der Waals surface area (Å²) in [6, 6.07) is 5.23. The van der Waals surface area contributed by atoms with Crippen molar-refractivity contribution >= 4 is 23.3 Å². The molecule has 23 heavy (non-hydrogen) atoms. The maximum absolute atomic E-state index is 12.6. The Morgan fingerprint density at radius 3 is 3.00 bits per heavy atom. The van der Waals surface area contributed by atoms with Crippen LogP contribution in [0.2, 0.25) is 0 Å². The Bertz CT molecular complexity index is 617. The highest BCUT2D eigenvalue weighted by atomic mass is 16.5. The Morgan fingerprint density at radius 1 is 1.35 bits per heavy atom. The lowest BCUT2D eigenvalue weighted by Gasteiger charge is -2.25. The van der Waals surface area contributed by atoms with E-state index in [0.717, 1.165) is 25.9 Å². The average molecular weight is 317 g/mol. The molecule has 2 N–H and O–H groups in total. The maximum atomic E-state index is 12.6. The molecular weight excluding hydrogens is 294 g/mol. The van der Waals surface area contributed by atoms with E-state index in [1.54, 1.807) is 18.2 Å². The van der Waals surface area contributed by atoms with Gasteiger partial charge in [0, 0.05) is 13.1 Å². The Kier molecular flexibility index (Phi) is 4.41. The fourth-order valence-corrected chi connectivity index (χ4v) is 3.32. The molecule has 0 bridgehead atoms. The summed E-state index contributed by atoms with van der Waals surface area (Å²) >= 11 is 0. The number of carbonyl (C=O) groups excluding carboxylic acids is 2. The fraction of sp³-hybridized carbons (Fsp3) is 0.529. The molecule has 0 radical (unpaired) electrons. The summed E-state index contributed by atoms with van der Waals surface area (Å²) in [4.78, 5) is 25.8. The van der Waals surface area contributed by atoms with E-state index in [-0.39, 0.29) is 18.5 Å². The monoisotopic (exact) mass is 317 g/mol. The summed E-state index contributed by atoms with van der Waals surface area (Å²) < 4.78 is 5.47. The number of ether oxygens (including phenoxy) is 1. The van der Waals surface area contributed by atoms with Gasteiger partial charge < -0.3 is 20.3 Å². The van der Waals surface area contributed by atoms with E-state index in [1.165, 1.54) is 0 Å². The molecule has 0 spiro atoms. The first kappa shape index (κ1) is 15.6. The number of rotatable bonds is 1. The Balaban J connectivity index is 1.73. The SMILES string of the molecule is C[C@H]1CCN(C(=O)Nc2cccc3c2OCC(=O)N3)C[C@@H](C)C1. The number of hydrogen-bond donors (Lipinski definition) is 2.